The van der Waals surface area contributed by atoms with Crippen molar-refractivity contribution in [3.05, 3.63) is 137 Å². The minimum Gasteiger partial charge on any atom is -0.872 e. The quantitative estimate of drug-likeness (QED) is 0.224. The minimum absolute atomic E-state index is 0.0304. The summed E-state index contributed by atoms with van der Waals surface area (Å²) in [5.41, 5.74) is 3.59. The van der Waals surface area contributed by atoms with Crippen molar-refractivity contribution in [1.29, 1.82) is 0 Å². The molecule has 1 N–H and O–H groups in total. The first-order valence-corrected chi connectivity index (χ1v) is 12.1. The summed E-state index contributed by atoms with van der Waals surface area (Å²) >= 11 is 0. The van der Waals surface area contributed by atoms with E-state index in [0.29, 0.717) is 29.0 Å². The number of ketones is 1. The lowest BCUT2D eigenvalue weighted by Gasteiger charge is -2.27. The molecule has 1 fully saturated rings. The predicted octanol–water partition coefficient (Wildman–Crippen LogP) is 3.81. The van der Waals surface area contributed by atoms with E-state index in [2.05, 4.69) is 4.98 Å². The monoisotopic (exact) mass is 490 g/mol. The van der Waals surface area contributed by atoms with E-state index in [1.165, 1.54) is 4.90 Å². The second-order valence-electron chi connectivity index (χ2n) is 8.98. The highest BCUT2D eigenvalue weighted by Gasteiger charge is 2.44. The molecule has 1 aliphatic heterocycles. The molecule has 1 unspecified atom stereocenters. The summed E-state index contributed by atoms with van der Waals surface area (Å²) in [6.07, 6.45) is 3.55. The third-order valence-corrected chi connectivity index (χ3v) is 6.46. The number of likely N-dealkylation sites (tertiary alicyclic amines) is 1. The number of hydrogen-bond donors (Lipinski definition) is 0. The van der Waals surface area contributed by atoms with Gasteiger partial charge in [-0.05, 0) is 47.4 Å². The molecule has 6 nitrogen and oxygen atoms in total. The second kappa shape index (κ2) is 10.5. The number of H-pyrrole nitrogens is 1. The number of hydrogen-bond acceptors (Lipinski definition) is 4. The van der Waals surface area contributed by atoms with E-state index in [0.717, 1.165) is 11.1 Å². The molecule has 0 aliphatic carbocycles. The molecule has 5 rings (SSSR count). The van der Waals surface area contributed by atoms with E-state index in [-0.39, 0.29) is 12.1 Å². The van der Waals surface area contributed by atoms with Crippen LogP contribution in [0.15, 0.2) is 109 Å². The maximum atomic E-state index is 13.8. The van der Waals surface area contributed by atoms with Crippen LogP contribution in [-0.2, 0) is 22.7 Å². The molecule has 1 aromatic heterocycles. The number of pyridine rings is 1. The first kappa shape index (κ1) is 24.0. The molecule has 0 saturated carbocycles. The number of Topliss-reactive ketones (excluding diaryl/α,β-unsaturated/α-hetero) is 1. The molecule has 1 saturated heterocycles. The van der Waals surface area contributed by atoms with Gasteiger partial charge < -0.3 is 14.7 Å². The second-order valence-corrected chi connectivity index (χ2v) is 8.98. The average molecular weight is 491 g/mol. The summed E-state index contributed by atoms with van der Waals surface area (Å²) in [6.45, 7) is 2.41. The van der Waals surface area contributed by atoms with Crippen molar-refractivity contribution in [1.82, 2.24) is 4.90 Å². The lowest BCUT2D eigenvalue weighted by molar-refractivity contribution is -0.378. The summed E-state index contributed by atoms with van der Waals surface area (Å²) < 4.78 is 5.89. The number of aromatic nitrogens is 1. The van der Waals surface area contributed by atoms with Gasteiger partial charge in [0, 0.05) is 17.2 Å². The Balaban J connectivity index is 1.51. The van der Waals surface area contributed by atoms with Gasteiger partial charge in [0.15, 0.2) is 12.4 Å². The lowest BCUT2D eigenvalue weighted by atomic mass is 9.94. The van der Waals surface area contributed by atoms with Gasteiger partial charge in [-0.3, -0.25) is 9.59 Å². The van der Waals surface area contributed by atoms with Gasteiger partial charge in [0.05, 0.1) is 12.6 Å². The molecule has 37 heavy (non-hydrogen) atoms. The van der Waals surface area contributed by atoms with Gasteiger partial charge in [0.2, 0.25) is 5.78 Å². The van der Waals surface area contributed by atoms with Crippen molar-refractivity contribution in [2.75, 3.05) is 0 Å². The maximum absolute atomic E-state index is 13.8. The highest BCUT2D eigenvalue weighted by molar-refractivity contribution is 6.46. The van der Waals surface area contributed by atoms with Crippen LogP contribution in [0.3, 0.4) is 0 Å². The Kier molecular flexibility index (Phi) is 6.81. The summed E-state index contributed by atoms with van der Waals surface area (Å²) in [7, 11) is 0. The number of carbonyl (C=O) groups is 2. The zero-order valence-electron chi connectivity index (χ0n) is 20.4. The Morgan fingerprint density at radius 2 is 1.62 bits per heavy atom. The average Bonchev–Trinajstić information content (AvgIpc) is 3.18. The molecule has 0 spiro atoms. The summed E-state index contributed by atoms with van der Waals surface area (Å²) in [6, 6.07) is 27.1. The van der Waals surface area contributed by atoms with Gasteiger partial charge in [-0.25, -0.2) is 4.98 Å². The van der Waals surface area contributed by atoms with E-state index in [1.807, 2.05) is 72.8 Å². The minimum atomic E-state index is -0.776. The predicted molar refractivity (Wildman–Crippen MR) is 137 cm³/mol. The number of aryl methyl sites for hydroxylation is 1. The van der Waals surface area contributed by atoms with Crippen LogP contribution in [-0.4, -0.2) is 16.6 Å². The van der Waals surface area contributed by atoms with Gasteiger partial charge in [-0.15, -0.1) is 0 Å². The van der Waals surface area contributed by atoms with E-state index in [1.54, 1.807) is 37.5 Å². The molecule has 1 amide bonds. The van der Waals surface area contributed by atoms with Gasteiger partial charge >= 0.3 is 0 Å². The summed E-state index contributed by atoms with van der Waals surface area (Å²) in [4.78, 5) is 30.9. The first-order chi connectivity index (χ1) is 18.0. The van der Waals surface area contributed by atoms with Crippen LogP contribution in [0.25, 0.3) is 5.76 Å². The van der Waals surface area contributed by atoms with E-state index < -0.39 is 23.5 Å². The number of rotatable bonds is 7. The molecule has 6 heteroatoms. The van der Waals surface area contributed by atoms with Crippen molar-refractivity contribution in [3.8, 4) is 5.75 Å². The fourth-order valence-electron chi connectivity index (χ4n) is 4.61. The smallest absolute Gasteiger partial charge is 0.295 e. The number of nitrogens with one attached hydrogen (secondary N) is 1. The third kappa shape index (κ3) is 5.00. The SMILES string of the molecule is Cc1cc(OCc2ccccc2)ccc1C([O-])=C1C(=O)C(=O)N(Cc2ccc[nH+]c2)C1c1ccccc1. The Morgan fingerprint density at radius 1 is 0.919 bits per heavy atom. The number of benzene rings is 3. The third-order valence-electron chi connectivity index (χ3n) is 6.46. The molecular weight excluding hydrogens is 464 g/mol. The molecule has 3 aromatic carbocycles. The Hall–Kier alpha value is -4.71. The molecular formula is C31H26N2O4. The molecule has 0 bridgehead atoms. The number of ether oxygens (including phenoxy) is 1. The number of nitrogens with zero attached hydrogens (tertiary/aromatic N) is 1. The zero-order valence-corrected chi connectivity index (χ0v) is 20.4. The van der Waals surface area contributed by atoms with E-state index >= 15 is 0 Å². The highest BCUT2D eigenvalue weighted by Crippen LogP contribution is 2.40. The van der Waals surface area contributed by atoms with E-state index in [4.69, 9.17) is 4.74 Å². The van der Waals surface area contributed by atoms with Crippen LogP contribution in [0.5, 0.6) is 5.75 Å². The normalized spacial score (nSPS) is 16.7. The molecule has 4 aromatic rings. The molecule has 184 valence electrons. The van der Waals surface area contributed by atoms with E-state index in [9.17, 15) is 14.7 Å². The van der Waals surface area contributed by atoms with Gasteiger partial charge in [0.25, 0.3) is 5.91 Å². The Morgan fingerprint density at radius 3 is 2.30 bits per heavy atom. The fraction of sp³-hybridized carbons (Fsp3) is 0.129. The van der Waals surface area contributed by atoms with Crippen LogP contribution < -0.4 is 14.8 Å². The van der Waals surface area contributed by atoms with Gasteiger partial charge in [-0.1, -0.05) is 72.5 Å². The molecule has 0 radical (unpaired) electrons. The van der Waals surface area contributed by atoms with Crippen molar-refractivity contribution >= 4 is 17.4 Å². The van der Waals surface area contributed by atoms with Gasteiger partial charge in [-0.2, -0.15) is 0 Å². The number of aromatic amines is 1. The first-order valence-electron chi connectivity index (χ1n) is 12.1. The topological polar surface area (TPSA) is 83.8 Å². The Labute approximate surface area is 215 Å². The van der Waals surface area contributed by atoms with Crippen LogP contribution in [0, 0.1) is 6.92 Å². The summed E-state index contributed by atoms with van der Waals surface area (Å²) in [5, 5.41) is 13.8. The van der Waals surface area contributed by atoms with Crippen molar-refractivity contribution in [2.45, 2.75) is 26.1 Å². The standard InChI is InChI=1S/C31H26N2O4/c1-21-17-25(37-20-22-9-4-2-5-10-22)14-15-26(21)29(34)27-28(24-12-6-3-7-13-24)33(31(36)30(27)35)19-23-11-8-16-32-18-23/h2-18,28,34H,19-20H2,1H3. The molecule has 2 heterocycles. The molecule has 1 aliphatic rings. The number of carbonyl (C=O) groups excluding carboxylic acids is 2. The van der Waals surface area contributed by atoms with Crippen LogP contribution in [0.4, 0.5) is 0 Å². The van der Waals surface area contributed by atoms with Gasteiger partial charge in [0.1, 0.15) is 12.4 Å². The van der Waals surface area contributed by atoms with Crippen molar-refractivity contribution in [3.63, 3.8) is 0 Å². The Bertz CT molecular complexity index is 1450. The van der Waals surface area contributed by atoms with Crippen LogP contribution in [0.1, 0.15) is 33.9 Å². The van der Waals surface area contributed by atoms with Crippen molar-refractivity contribution in [2.24, 2.45) is 0 Å². The number of amides is 1. The lowest BCUT2D eigenvalue weighted by Crippen LogP contribution is -2.29. The fourth-order valence-corrected chi connectivity index (χ4v) is 4.61. The summed E-state index contributed by atoms with van der Waals surface area (Å²) in [5.74, 6) is -1.26. The maximum Gasteiger partial charge on any atom is 0.295 e. The van der Waals surface area contributed by atoms with Crippen LogP contribution in [0.2, 0.25) is 0 Å². The van der Waals surface area contributed by atoms with Crippen LogP contribution >= 0.6 is 0 Å². The zero-order chi connectivity index (χ0) is 25.8. The van der Waals surface area contributed by atoms with Crippen molar-refractivity contribution < 1.29 is 24.4 Å². The highest BCUT2D eigenvalue weighted by atomic mass is 16.5. The largest absolute Gasteiger partial charge is 0.872 e. The molecule has 1 atom stereocenters.